The Morgan fingerprint density at radius 2 is 1.88 bits per heavy atom. The number of rotatable bonds is 4. The number of anilines is 1. The highest BCUT2D eigenvalue weighted by Crippen LogP contribution is 2.61. The molecule has 5 aliphatic heterocycles. The van der Waals surface area contributed by atoms with Crippen LogP contribution in [0, 0.1) is 10.8 Å². The summed E-state index contributed by atoms with van der Waals surface area (Å²) >= 11 is 0. The summed E-state index contributed by atoms with van der Waals surface area (Å²) in [6.07, 6.45) is 12.7. The maximum Gasteiger partial charge on any atom is 0.133 e. The number of hydrogen-bond acceptors (Lipinski definition) is 4. The van der Waals surface area contributed by atoms with Crippen LogP contribution in [0.3, 0.4) is 0 Å². The van der Waals surface area contributed by atoms with Crippen molar-refractivity contribution < 1.29 is 5.11 Å². The average Bonchev–Trinajstić information content (AvgIpc) is 3.38. The van der Waals surface area contributed by atoms with E-state index < -0.39 is 0 Å². The first-order valence-corrected chi connectivity index (χ1v) is 16.9. The van der Waals surface area contributed by atoms with Gasteiger partial charge in [-0.25, -0.2) is 4.98 Å². The molecule has 222 valence electrons. The van der Waals surface area contributed by atoms with Crippen molar-refractivity contribution in [2.45, 2.75) is 83.7 Å². The normalized spacial score (nSPS) is 29.5. The van der Waals surface area contributed by atoms with E-state index in [9.17, 15) is 5.11 Å². The molecule has 0 amide bonds. The molecule has 4 atom stereocenters. The van der Waals surface area contributed by atoms with Crippen LogP contribution in [0.15, 0.2) is 43.0 Å². The molecule has 2 bridgehead atoms. The van der Waals surface area contributed by atoms with Gasteiger partial charge < -0.3 is 14.6 Å². The number of aromatic nitrogens is 2. The Hall–Kier alpha value is -3.31. The molecule has 4 aromatic rings. The molecule has 5 nitrogen and oxygen atoms in total. The molecule has 2 aromatic carbocycles. The second-order valence-corrected chi connectivity index (χ2v) is 14.5. The first kappa shape index (κ1) is 26.1. The van der Waals surface area contributed by atoms with Gasteiger partial charge in [-0.3, -0.25) is 4.90 Å². The van der Waals surface area contributed by atoms with Gasteiger partial charge in [-0.15, -0.1) is 0 Å². The largest absolute Gasteiger partial charge is 0.508 e. The van der Waals surface area contributed by atoms with Crippen molar-refractivity contribution in [1.29, 1.82) is 0 Å². The Balaban J connectivity index is 1.29. The first-order valence-electron chi connectivity index (χ1n) is 16.9. The molecule has 0 aliphatic carbocycles. The Morgan fingerprint density at radius 3 is 2.72 bits per heavy atom. The molecule has 7 heterocycles. The second-order valence-electron chi connectivity index (χ2n) is 14.5. The molecule has 5 heteroatoms. The zero-order valence-electron chi connectivity index (χ0n) is 25.8. The number of pyridine rings is 1. The summed E-state index contributed by atoms with van der Waals surface area (Å²) in [4.78, 5) is 10.6. The minimum Gasteiger partial charge on any atom is -0.508 e. The SMILES string of the molecule is C=Cc1c2c(nc3cc(O)c([C@@H]4C[C@@]5(CC)CCCN6CCc7c(n4c4ccccc74)[C@H]65)cc13)N1CCC[C@@](CC)(C2)C1. The smallest absolute Gasteiger partial charge is 0.133 e. The number of para-hydroxylation sites is 1. The van der Waals surface area contributed by atoms with E-state index in [0.29, 0.717) is 17.2 Å². The summed E-state index contributed by atoms with van der Waals surface area (Å²) in [5.41, 5.74) is 9.50. The number of benzene rings is 2. The van der Waals surface area contributed by atoms with Crippen LogP contribution in [-0.2, 0) is 12.8 Å². The van der Waals surface area contributed by atoms with Crippen LogP contribution in [-0.4, -0.2) is 45.7 Å². The number of phenols is 1. The van der Waals surface area contributed by atoms with Crippen molar-refractivity contribution in [2.24, 2.45) is 10.8 Å². The third-order valence-corrected chi connectivity index (χ3v) is 12.7. The minimum atomic E-state index is 0.0890. The maximum atomic E-state index is 11.9. The van der Waals surface area contributed by atoms with Gasteiger partial charge in [0.1, 0.15) is 11.6 Å². The number of nitrogens with zero attached hydrogens (tertiary/aromatic N) is 4. The first-order chi connectivity index (χ1) is 21.0. The number of hydrogen-bond donors (Lipinski definition) is 1. The molecule has 0 radical (unpaired) electrons. The van der Waals surface area contributed by atoms with Crippen LogP contribution >= 0.6 is 0 Å². The quantitative estimate of drug-likeness (QED) is 0.268. The molecule has 2 aromatic heterocycles. The topological polar surface area (TPSA) is 44.5 Å². The lowest BCUT2D eigenvalue weighted by molar-refractivity contribution is -0.0314. The highest BCUT2D eigenvalue weighted by molar-refractivity contribution is 5.94. The predicted molar refractivity (Wildman–Crippen MR) is 176 cm³/mol. The molecule has 0 saturated carbocycles. The number of fused-ring (bicyclic) bond motifs is 8. The highest BCUT2D eigenvalue weighted by atomic mass is 16.3. The summed E-state index contributed by atoms with van der Waals surface area (Å²) in [5.74, 6) is 1.51. The lowest BCUT2D eigenvalue weighted by atomic mass is 9.62. The van der Waals surface area contributed by atoms with E-state index in [1.54, 1.807) is 5.56 Å². The fourth-order valence-electron chi connectivity index (χ4n) is 10.6. The Labute approximate surface area is 255 Å². The Kier molecular flexibility index (Phi) is 5.53. The van der Waals surface area contributed by atoms with Crippen molar-refractivity contribution in [1.82, 2.24) is 14.5 Å². The van der Waals surface area contributed by atoms with Crippen LogP contribution in [0.1, 0.15) is 98.8 Å². The van der Waals surface area contributed by atoms with Crippen LogP contribution in [0.4, 0.5) is 5.82 Å². The van der Waals surface area contributed by atoms with E-state index in [4.69, 9.17) is 4.98 Å². The summed E-state index contributed by atoms with van der Waals surface area (Å²) in [6, 6.07) is 13.9. The molecular weight excluding hydrogens is 528 g/mol. The lowest BCUT2D eigenvalue weighted by Gasteiger charge is -2.57. The van der Waals surface area contributed by atoms with Gasteiger partial charge in [0.15, 0.2) is 0 Å². The monoisotopic (exact) mass is 572 g/mol. The van der Waals surface area contributed by atoms with Gasteiger partial charge in [0.2, 0.25) is 0 Å². The number of aromatic hydroxyl groups is 1. The van der Waals surface area contributed by atoms with Crippen LogP contribution in [0.5, 0.6) is 5.75 Å². The van der Waals surface area contributed by atoms with Gasteiger partial charge in [-0.05, 0) is 98.4 Å². The predicted octanol–water partition coefficient (Wildman–Crippen LogP) is 8.17. The van der Waals surface area contributed by atoms with E-state index >= 15 is 0 Å². The Bertz CT molecular complexity index is 1820. The van der Waals surface area contributed by atoms with Crippen molar-refractivity contribution in [2.75, 3.05) is 31.1 Å². The molecule has 0 spiro atoms. The lowest BCUT2D eigenvalue weighted by Crippen LogP contribution is -2.53. The number of piperidine rings is 2. The third-order valence-electron chi connectivity index (χ3n) is 12.7. The van der Waals surface area contributed by atoms with Crippen molar-refractivity contribution in [3.63, 3.8) is 0 Å². The molecular formula is C38H44N4O. The van der Waals surface area contributed by atoms with Crippen LogP contribution < -0.4 is 4.90 Å². The van der Waals surface area contributed by atoms with Gasteiger partial charge >= 0.3 is 0 Å². The van der Waals surface area contributed by atoms with E-state index in [0.717, 1.165) is 61.2 Å². The average molecular weight is 573 g/mol. The zero-order valence-corrected chi connectivity index (χ0v) is 25.8. The summed E-state index contributed by atoms with van der Waals surface area (Å²) < 4.78 is 2.66. The van der Waals surface area contributed by atoms with E-state index in [2.05, 4.69) is 71.2 Å². The molecule has 5 aliphatic rings. The molecule has 0 unspecified atom stereocenters. The van der Waals surface area contributed by atoms with Gasteiger partial charge in [0.05, 0.1) is 17.6 Å². The van der Waals surface area contributed by atoms with E-state index in [1.807, 2.05) is 6.07 Å². The molecule has 43 heavy (non-hydrogen) atoms. The Morgan fingerprint density at radius 1 is 1.02 bits per heavy atom. The van der Waals surface area contributed by atoms with Gasteiger partial charge in [0.25, 0.3) is 0 Å². The van der Waals surface area contributed by atoms with Crippen LogP contribution in [0.25, 0.3) is 27.9 Å². The minimum absolute atomic E-state index is 0.0890. The fourth-order valence-corrected chi connectivity index (χ4v) is 10.6. The molecule has 2 saturated heterocycles. The molecule has 9 rings (SSSR count). The third kappa shape index (κ3) is 3.40. The number of phenolic OH excluding ortho intramolecular Hbond substituents is 1. The second kappa shape index (κ2) is 9.11. The standard InChI is InChI=1S/C38H44N4O/c1-4-24-27-19-28(33(43)20-30(27)39-36-29(24)21-37(5-2)14-9-17-41(36)23-37)32-22-38(6-3)15-10-16-40-18-13-26-25-11-7-8-12-31(25)42(32)34(26)35(38)40/h4,7-8,11-12,19-20,32,35,43H,1,5-6,9-10,13-18,21-23H2,2-3H3/t32-,35-,37-,38+/m0/s1. The van der Waals surface area contributed by atoms with E-state index in [-0.39, 0.29) is 11.5 Å². The van der Waals surface area contributed by atoms with Gasteiger partial charge in [-0.2, -0.15) is 0 Å². The highest BCUT2D eigenvalue weighted by Gasteiger charge is 2.53. The van der Waals surface area contributed by atoms with Gasteiger partial charge in [-0.1, -0.05) is 44.7 Å². The maximum absolute atomic E-state index is 11.9. The fraction of sp³-hybridized carbons (Fsp3) is 0.500. The molecule has 1 N–H and O–H groups in total. The van der Waals surface area contributed by atoms with Crippen molar-refractivity contribution >= 4 is 33.7 Å². The van der Waals surface area contributed by atoms with Crippen LogP contribution in [0.2, 0.25) is 0 Å². The zero-order chi connectivity index (χ0) is 29.1. The molecule has 2 fully saturated rings. The van der Waals surface area contributed by atoms with E-state index in [1.165, 1.54) is 72.8 Å². The van der Waals surface area contributed by atoms with Crippen molar-refractivity contribution in [3.8, 4) is 5.75 Å². The summed E-state index contributed by atoms with van der Waals surface area (Å²) in [5, 5.41) is 14.5. The summed E-state index contributed by atoms with van der Waals surface area (Å²) in [6.45, 7) is 13.7. The summed E-state index contributed by atoms with van der Waals surface area (Å²) in [7, 11) is 0. The van der Waals surface area contributed by atoms with Gasteiger partial charge in [0, 0.05) is 58.8 Å². The van der Waals surface area contributed by atoms with Crippen molar-refractivity contribution in [3.05, 3.63) is 70.9 Å².